The first kappa shape index (κ1) is 10.8. The molecule has 0 aliphatic carbocycles. The summed E-state index contributed by atoms with van der Waals surface area (Å²) >= 11 is 4.13. The van der Waals surface area contributed by atoms with Crippen LogP contribution >= 0.6 is 12.6 Å². The summed E-state index contributed by atoms with van der Waals surface area (Å²) in [7, 11) is 0. The number of rotatable bonds is 0. The van der Waals surface area contributed by atoms with Gasteiger partial charge in [-0.25, -0.2) is 0 Å². The van der Waals surface area contributed by atoms with E-state index in [4.69, 9.17) is 0 Å². The van der Waals surface area contributed by atoms with Crippen LogP contribution in [0.2, 0.25) is 0 Å². The van der Waals surface area contributed by atoms with E-state index in [0.717, 1.165) is 4.90 Å². The molecule has 1 heterocycles. The molecule has 0 spiro atoms. The lowest BCUT2D eigenvalue weighted by Crippen LogP contribution is -1.67. The van der Waals surface area contributed by atoms with Crippen molar-refractivity contribution in [3.63, 3.8) is 0 Å². The zero-order valence-electron chi connectivity index (χ0n) is 8.09. The second-order valence-electron chi connectivity index (χ2n) is 2.86. The molecular weight excluding hydrogens is 190 g/mol. The minimum absolute atomic E-state index is 1.02. The van der Waals surface area contributed by atoms with Crippen LogP contribution in [-0.2, 0) is 0 Å². The number of thiol groups is 1. The minimum atomic E-state index is 1.02. The van der Waals surface area contributed by atoms with Gasteiger partial charge < -0.3 is 0 Å². The van der Waals surface area contributed by atoms with E-state index in [9.17, 15) is 0 Å². The molecule has 72 valence electrons. The lowest BCUT2D eigenvalue weighted by Gasteiger charge is -1.89. The van der Waals surface area contributed by atoms with Crippen molar-refractivity contribution in [1.29, 1.82) is 0 Å². The van der Waals surface area contributed by atoms with E-state index in [1.165, 1.54) is 5.56 Å². The Morgan fingerprint density at radius 3 is 1.79 bits per heavy atom. The molecule has 0 aliphatic rings. The SMILES string of the molecule is Cc1ccc(S)cc1.c1ccncc1. The van der Waals surface area contributed by atoms with Gasteiger partial charge in [-0.3, -0.25) is 4.98 Å². The molecule has 1 nitrogen and oxygen atoms in total. The second kappa shape index (κ2) is 6.22. The molecule has 0 bridgehead atoms. The van der Waals surface area contributed by atoms with Crippen LogP contribution in [0.5, 0.6) is 0 Å². The van der Waals surface area contributed by atoms with Gasteiger partial charge in [0.1, 0.15) is 0 Å². The van der Waals surface area contributed by atoms with Gasteiger partial charge in [-0.1, -0.05) is 23.8 Å². The fourth-order valence-corrected chi connectivity index (χ4v) is 1.01. The summed E-state index contributed by atoms with van der Waals surface area (Å²) in [5.74, 6) is 0. The molecular formula is C12H13NS. The van der Waals surface area contributed by atoms with E-state index < -0.39 is 0 Å². The zero-order chi connectivity index (χ0) is 10.2. The fourth-order valence-electron chi connectivity index (χ4n) is 0.857. The number of hydrogen-bond donors (Lipinski definition) is 1. The Kier molecular flexibility index (Phi) is 4.79. The quantitative estimate of drug-likeness (QED) is 0.648. The van der Waals surface area contributed by atoms with Gasteiger partial charge >= 0.3 is 0 Å². The third-order valence-corrected chi connectivity index (χ3v) is 1.90. The average Bonchev–Trinajstić information content (AvgIpc) is 2.26. The zero-order valence-corrected chi connectivity index (χ0v) is 8.99. The molecule has 0 unspecified atom stereocenters. The molecule has 2 heteroatoms. The van der Waals surface area contributed by atoms with Gasteiger partial charge in [0, 0.05) is 17.3 Å². The number of nitrogens with zero attached hydrogens (tertiary/aromatic N) is 1. The summed E-state index contributed by atoms with van der Waals surface area (Å²) in [5.41, 5.74) is 1.28. The van der Waals surface area contributed by atoms with E-state index in [2.05, 4.69) is 24.5 Å². The molecule has 2 rings (SSSR count). The van der Waals surface area contributed by atoms with Crippen molar-refractivity contribution in [2.45, 2.75) is 11.8 Å². The van der Waals surface area contributed by atoms with Gasteiger partial charge in [-0.2, -0.15) is 0 Å². The maximum Gasteiger partial charge on any atom is 0.0267 e. The van der Waals surface area contributed by atoms with Crippen LogP contribution in [0.4, 0.5) is 0 Å². The van der Waals surface area contributed by atoms with Crippen LogP contribution in [0.25, 0.3) is 0 Å². The molecule has 2 aromatic rings. The summed E-state index contributed by atoms with van der Waals surface area (Å²) in [6, 6.07) is 13.8. The molecule has 14 heavy (non-hydrogen) atoms. The molecule has 0 aliphatic heterocycles. The Bertz CT molecular complexity index is 295. The fraction of sp³-hybridized carbons (Fsp3) is 0.0833. The first-order valence-corrected chi connectivity index (χ1v) is 4.84. The third kappa shape index (κ3) is 4.67. The molecule has 1 aromatic carbocycles. The number of benzene rings is 1. The molecule has 0 amide bonds. The van der Waals surface area contributed by atoms with Crippen LogP contribution in [0.15, 0.2) is 59.8 Å². The number of pyridine rings is 1. The summed E-state index contributed by atoms with van der Waals surface area (Å²) in [6.45, 7) is 2.06. The van der Waals surface area contributed by atoms with E-state index >= 15 is 0 Å². The first-order chi connectivity index (χ1) is 6.79. The lowest BCUT2D eigenvalue weighted by molar-refractivity contribution is 1.33. The number of aromatic nitrogens is 1. The van der Waals surface area contributed by atoms with Crippen LogP contribution < -0.4 is 0 Å². The highest BCUT2D eigenvalue weighted by molar-refractivity contribution is 7.80. The molecule has 0 atom stereocenters. The topological polar surface area (TPSA) is 12.9 Å². The normalized spacial score (nSPS) is 8.71. The van der Waals surface area contributed by atoms with Crippen molar-refractivity contribution < 1.29 is 0 Å². The molecule has 1 aromatic heterocycles. The first-order valence-electron chi connectivity index (χ1n) is 4.39. The summed E-state index contributed by atoms with van der Waals surface area (Å²) < 4.78 is 0. The predicted molar refractivity (Wildman–Crippen MR) is 62.7 cm³/mol. The van der Waals surface area contributed by atoms with E-state index in [1.54, 1.807) is 12.4 Å². The number of aryl methyl sites for hydroxylation is 1. The smallest absolute Gasteiger partial charge is 0.0267 e. The maximum atomic E-state index is 4.13. The van der Waals surface area contributed by atoms with Crippen molar-refractivity contribution in [3.8, 4) is 0 Å². The van der Waals surface area contributed by atoms with Gasteiger partial charge in [0.25, 0.3) is 0 Å². The van der Waals surface area contributed by atoms with E-state index in [1.807, 2.05) is 42.5 Å². The summed E-state index contributed by atoms with van der Waals surface area (Å²) in [6.07, 6.45) is 3.50. The summed E-state index contributed by atoms with van der Waals surface area (Å²) in [5, 5.41) is 0. The lowest BCUT2D eigenvalue weighted by atomic mass is 10.2. The Hall–Kier alpha value is -1.28. The second-order valence-corrected chi connectivity index (χ2v) is 3.38. The van der Waals surface area contributed by atoms with Gasteiger partial charge in [-0.05, 0) is 31.2 Å². The molecule has 0 saturated heterocycles. The van der Waals surface area contributed by atoms with Crippen LogP contribution in [0.3, 0.4) is 0 Å². The van der Waals surface area contributed by atoms with Crippen molar-refractivity contribution in [2.75, 3.05) is 0 Å². The highest BCUT2D eigenvalue weighted by Crippen LogP contribution is 2.05. The van der Waals surface area contributed by atoms with Crippen molar-refractivity contribution in [1.82, 2.24) is 4.98 Å². The molecule has 0 saturated carbocycles. The summed E-state index contributed by atoms with van der Waals surface area (Å²) in [4.78, 5) is 4.81. The highest BCUT2D eigenvalue weighted by atomic mass is 32.1. The van der Waals surface area contributed by atoms with Crippen LogP contribution in [0, 0.1) is 6.92 Å². The minimum Gasteiger partial charge on any atom is -0.265 e. The van der Waals surface area contributed by atoms with Gasteiger partial charge in [0.15, 0.2) is 0 Å². The van der Waals surface area contributed by atoms with Gasteiger partial charge in [0.2, 0.25) is 0 Å². The predicted octanol–water partition coefficient (Wildman–Crippen LogP) is 3.37. The number of hydrogen-bond acceptors (Lipinski definition) is 2. The largest absolute Gasteiger partial charge is 0.265 e. The van der Waals surface area contributed by atoms with Crippen molar-refractivity contribution >= 4 is 12.6 Å². The van der Waals surface area contributed by atoms with Crippen molar-refractivity contribution in [2.24, 2.45) is 0 Å². The average molecular weight is 203 g/mol. The van der Waals surface area contributed by atoms with Crippen molar-refractivity contribution in [3.05, 3.63) is 60.4 Å². The van der Waals surface area contributed by atoms with Gasteiger partial charge in [-0.15, -0.1) is 12.6 Å². The Morgan fingerprint density at radius 2 is 1.50 bits per heavy atom. The maximum absolute atomic E-state index is 4.13. The third-order valence-electron chi connectivity index (χ3n) is 1.60. The molecule has 0 fully saturated rings. The standard InChI is InChI=1S/C7H8S.C5H5N/c1-6-2-4-7(8)5-3-6;1-2-4-6-5-3-1/h2-5,8H,1H3;1-5H. The molecule has 0 radical (unpaired) electrons. The van der Waals surface area contributed by atoms with Gasteiger partial charge in [0.05, 0.1) is 0 Å². The Labute approximate surface area is 90.2 Å². The van der Waals surface area contributed by atoms with Crippen LogP contribution in [-0.4, -0.2) is 4.98 Å². The van der Waals surface area contributed by atoms with E-state index in [0.29, 0.717) is 0 Å². The highest BCUT2D eigenvalue weighted by Gasteiger charge is 1.80. The van der Waals surface area contributed by atoms with Crippen LogP contribution in [0.1, 0.15) is 5.56 Å². The molecule has 0 N–H and O–H groups in total. The van der Waals surface area contributed by atoms with E-state index in [-0.39, 0.29) is 0 Å². The Balaban J connectivity index is 0.000000146. The Morgan fingerprint density at radius 1 is 0.929 bits per heavy atom. The monoisotopic (exact) mass is 203 g/mol.